The van der Waals surface area contributed by atoms with Crippen LogP contribution >= 0.6 is 0 Å². The van der Waals surface area contributed by atoms with E-state index in [4.69, 9.17) is 9.40 Å². The summed E-state index contributed by atoms with van der Waals surface area (Å²) in [7, 11) is 0. The first kappa shape index (κ1) is 24.8. The van der Waals surface area contributed by atoms with Gasteiger partial charge in [-0.05, 0) is 74.9 Å². The van der Waals surface area contributed by atoms with Crippen LogP contribution in [0.4, 0.5) is 5.69 Å². The third kappa shape index (κ3) is 5.44. The molecule has 190 valence electrons. The largest absolute Gasteiger partial charge is 0.446 e. The van der Waals surface area contributed by atoms with Crippen LogP contribution in [0.5, 0.6) is 0 Å². The molecule has 38 heavy (non-hydrogen) atoms. The molecular weight excluding hydrogens is 478 g/mol. The minimum Gasteiger partial charge on any atom is -0.446 e. The smallest absolute Gasteiger partial charge is 0.256 e. The molecule has 5 aromatic rings. The molecule has 2 amide bonds. The number of carbonyl (C=O) groups excluding carboxylic acids is 2. The van der Waals surface area contributed by atoms with E-state index >= 15 is 0 Å². The summed E-state index contributed by atoms with van der Waals surface area (Å²) in [6.07, 6.45) is 5.59. The maximum Gasteiger partial charge on any atom is 0.256 e. The highest BCUT2D eigenvalue weighted by Gasteiger charge is 2.17. The molecular formula is C30H27N5O3. The summed E-state index contributed by atoms with van der Waals surface area (Å²) >= 11 is 0. The SMILES string of the molecule is Cc1cc(C)c2nc(-c3cccnc3)cc(C(=O)Nc3ccc(C(=O)NCCc4ncc(C)o4)cc3)c2c1. The van der Waals surface area contributed by atoms with E-state index < -0.39 is 0 Å². The van der Waals surface area contributed by atoms with E-state index in [0.29, 0.717) is 41.4 Å². The Balaban J connectivity index is 1.34. The fourth-order valence-electron chi connectivity index (χ4n) is 4.34. The van der Waals surface area contributed by atoms with Crippen molar-refractivity contribution in [1.29, 1.82) is 0 Å². The van der Waals surface area contributed by atoms with Crippen molar-refractivity contribution in [3.63, 3.8) is 0 Å². The van der Waals surface area contributed by atoms with E-state index in [2.05, 4.69) is 26.7 Å². The first-order valence-corrected chi connectivity index (χ1v) is 12.3. The van der Waals surface area contributed by atoms with Crippen molar-refractivity contribution >= 4 is 28.4 Å². The second kappa shape index (κ2) is 10.6. The van der Waals surface area contributed by atoms with Crippen LogP contribution in [0.2, 0.25) is 0 Å². The molecule has 5 rings (SSSR count). The molecule has 0 aliphatic rings. The second-order valence-electron chi connectivity index (χ2n) is 9.18. The van der Waals surface area contributed by atoms with E-state index in [-0.39, 0.29) is 11.8 Å². The molecule has 0 fully saturated rings. The van der Waals surface area contributed by atoms with E-state index in [1.54, 1.807) is 48.9 Å². The van der Waals surface area contributed by atoms with Gasteiger partial charge in [-0.2, -0.15) is 0 Å². The Hall–Kier alpha value is -4.85. The summed E-state index contributed by atoms with van der Waals surface area (Å²) in [5, 5.41) is 6.61. The lowest BCUT2D eigenvalue weighted by Crippen LogP contribution is -2.25. The summed E-state index contributed by atoms with van der Waals surface area (Å²) in [4.78, 5) is 39.2. The fraction of sp³-hybridized carbons (Fsp3) is 0.167. The van der Waals surface area contributed by atoms with E-state index in [9.17, 15) is 9.59 Å². The second-order valence-corrected chi connectivity index (χ2v) is 9.18. The summed E-state index contributed by atoms with van der Waals surface area (Å²) in [5.41, 5.74) is 5.91. The number of fused-ring (bicyclic) bond motifs is 1. The van der Waals surface area contributed by atoms with Crippen LogP contribution in [-0.4, -0.2) is 33.3 Å². The molecule has 0 aliphatic heterocycles. The zero-order valence-corrected chi connectivity index (χ0v) is 21.4. The standard InChI is InChI=1S/C30H27N5O3/c1-18-13-19(2)28-24(14-18)25(15-26(35-28)22-5-4-11-31-17-22)30(37)34-23-8-6-21(7-9-23)29(36)32-12-10-27-33-16-20(3)38-27/h4-9,11,13-17H,10,12H2,1-3H3,(H,32,36)(H,34,37). The van der Waals surface area contributed by atoms with E-state index in [1.165, 1.54) is 0 Å². The van der Waals surface area contributed by atoms with Crippen molar-refractivity contribution in [1.82, 2.24) is 20.3 Å². The molecule has 0 aliphatic carbocycles. The van der Waals surface area contributed by atoms with Gasteiger partial charge in [0.2, 0.25) is 0 Å². The zero-order valence-electron chi connectivity index (χ0n) is 21.4. The first-order chi connectivity index (χ1) is 18.4. The average Bonchev–Trinajstić information content (AvgIpc) is 3.33. The van der Waals surface area contributed by atoms with Gasteiger partial charge < -0.3 is 15.1 Å². The lowest BCUT2D eigenvalue weighted by atomic mass is 9.99. The van der Waals surface area contributed by atoms with Crippen molar-refractivity contribution in [3.8, 4) is 11.3 Å². The monoisotopic (exact) mass is 505 g/mol. The Morgan fingerprint density at radius 2 is 1.76 bits per heavy atom. The van der Waals surface area contributed by atoms with Crippen LogP contribution in [0.15, 0.2) is 77.6 Å². The van der Waals surface area contributed by atoms with Crippen LogP contribution in [0.25, 0.3) is 22.2 Å². The molecule has 0 unspecified atom stereocenters. The predicted octanol–water partition coefficient (Wildman–Crippen LogP) is 5.43. The quantitative estimate of drug-likeness (QED) is 0.305. The third-order valence-corrected chi connectivity index (χ3v) is 6.15. The first-order valence-electron chi connectivity index (χ1n) is 12.3. The lowest BCUT2D eigenvalue weighted by molar-refractivity contribution is 0.0953. The highest BCUT2D eigenvalue weighted by Crippen LogP contribution is 2.28. The average molecular weight is 506 g/mol. The van der Waals surface area contributed by atoms with E-state index in [1.807, 2.05) is 39.0 Å². The number of hydrogen-bond acceptors (Lipinski definition) is 6. The molecule has 0 saturated heterocycles. The highest BCUT2D eigenvalue weighted by atomic mass is 16.4. The number of oxazole rings is 1. The lowest BCUT2D eigenvalue weighted by Gasteiger charge is -2.13. The van der Waals surface area contributed by atoms with Gasteiger partial charge in [0.05, 0.1) is 23.0 Å². The number of hydrogen-bond donors (Lipinski definition) is 2. The van der Waals surface area contributed by atoms with Crippen LogP contribution < -0.4 is 10.6 Å². The van der Waals surface area contributed by atoms with Gasteiger partial charge in [0.1, 0.15) is 5.76 Å². The number of anilines is 1. The molecule has 0 radical (unpaired) electrons. The number of nitrogens with zero attached hydrogens (tertiary/aromatic N) is 3. The van der Waals surface area contributed by atoms with Gasteiger partial charge in [-0.25, -0.2) is 9.97 Å². The number of benzene rings is 2. The molecule has 0 spiro atoms. The number of aromatic nitrogens is 3. The number of nitrogens with one attached hydrogen (secondary N) is 2. The minimum atomic E-state index is -0.258. The van der Waals surface area contributed by atoms with Crippen molar-refractivity contribution < 1.29 is 14.0 Å². The summed E-state index contributed by atoms with van der Waals surface area (Å²) in [5.74, 6) is 0.855. The Morgan fingerprint density at radius 1 is 0.947 bits per heavy atom. The Bertz CT molecular complexity index is 1630. The molecule has 8 nitrogen and oxygen atoms in total. The predicted molar refractivity (Wildman–Crippen MR) is 146 cm³/mol. The van der Waals surface area contributed by atoms with Crippen LogP contribution in [0, 0.1) is 20.8 Å². The van der Waals surface area contributed by atoms with Gasteiger partial charge in [0.15, 0.2) is 5.89 Å². The Kier molecular flexibility index (Phi) is 6.95. The number of amides is 2. The normalized spacial score (nSPS) is 10.9. The number of rotatable bonds is 7. The van der Waals surface area contributed by atoms with Crippen molar-refractivity contribution in [2.24, 2.45) is 0 Å². The summed E-state index contributed by atoms with van der Waals surface area (Å²) in [6, 6.07) is 16.4. The summed E-state index contributed by atoms with van der Waals surface area (Å²) in [6.45, 7) is 6.23. The molecule has 0 atom stereocenters. The van der Waals surface area contributed by atoms with Gasteiger partial charge in [0, 0.05) is 47.6 Å². The number of pyridine rings is 2. The topological polar surface area (TPSA) is 110 Å². The number of carbonyl (C=O) groups is 2. The molecule has 2 N–H and O–H groups in total. The van der Waals surface area contributed by atoms with Crippen LogP contribution in [-0.2, 0) is 6.42 Å². The van der Waals surface area contributed by atoms with Gasteiger partial charge >= 0.3 is 0 Å². The molecule has 0 bridgehead atoms. The maximum absolute atomic E-state index is 13.5. The highest BCUT2D eigenvalue weighted by molar-refractivity contribution is 6.13. The van der Waals surface area contributed by atoms with Crippen molar-refractivity contribution in [2.45, 2.75) is 27.2 Å². The third-order valence-electron chi connectivity index (χ3n) is 6.15. The zero-order chi connectivity index (χ0) is 26.6. The van der Waals surface area contributed by atoms with Gasteiger partial charge in [-0.1, -0.05) is 11.6 Å². The Morgan fingerprint density at radius 3 is 2.47 bits per heavy atom. The van der Waals surface area contributed by atoms with Gasteiger partial charge in [0.25, 0.3) is 11.8 Å². The molecule has 0 saturated carbocycles. The maximum atomic E-state index is 13.5. The van der Waals surface area contributed by atoms with Gasteiger partial charge in [-0.3, -0.25) is 14.6 Å². The van der Waals surface area contributed by atoms with Crippen molar-refractivity contribution in [3.05, 3.63) is 107 Å². The molecule has 2 aromatic carbocycles. The fourth-order valence-corrected chi connectivity index (χ4v) is 4.34. The molecule has 3 aromatic heterocycles. The Labute approximate surface area is 220 Å². The minimum absolute atomic E-state index is 0.210. The molecule has 3 heterocycles. The van der Waals surface area contributed by atoms with Crippen molar-refractivity contribution in [2.75, 3.05) is 11.9 Å². The van der Waals surface area contributed by atoms with Gasteiger partial charge in [-0.15, -0.1) is 0 Å². The number of aryl methyl sites for hydroxylation is 3. The van der Waals surface area contributed by atoms with Crippen LogP contribution in [0.3, 0.4) is 0 Å². The molecule has 8 heteroatoms. The summed E-state index contributed by atoms with van der Waals surface area (Å²) < 4.78 is 5.42. The van der Waals surface area contributed by atoms with E-state index in [0.717, 1.165) is 33.4 Å². The van der Waals surface area contributed by atoms with Crippen LogP contribution in [0.1, 0.15) is 43.5 Å².